The van der Waals surface area contributed by atoms with Gasteiger partial charge in [-0.2, -0.15) is 0 Å². The lowest BCUT2D eigenvalue weighted by Crippen LogP contribution is -2.30. The van der Waals surface area contributed by atoms with E-state index in [-0.39, 0.29) is 11.9 Å². The average Bonchev–Trinajstić information content (AvgIpc) is 2.99. The summed E-state index contributed by atoms with van der Waals surface area (Å²) in [6, 6.07) is 9.96. The van der Waals surface area contributed by atoms with Gasteiger partial charge in [-0.3, -0.25) is 9.78 Å². The molecule has 21 heavy (non-hydrogen) atoms. The van der Waals surface area contributed by atoms with Gasteiger partial charge in [-0.15, -0.1) is 0 Å². The molecule has 0 spiro atoms. The van der Waals surface area contributed by atoms with Crippen LogP contribution in [0.4, 0.5) is 0 Å². The highest BCUT2D eigenvalue weighted by molar-refractivity contribution is 9.10. The molecular formula is C17H17BrN2O. The highest BCUT2D eigenvalue weighted by Crippen LogP contribution is 2.33. The van der Waals surface area contributed by atoms with Gasteiger partial charge in [0.25, 0.3) is 5.91 Å². The molecule has 4 heteroatoms. The van der Waals surface area contributed by atoms with Gasteiger partial charge in [0.2, 0.25) is 0 Å². The molecule has 1 amide bonds. The summed E-state index contributed by atoms with van der Waals surface area (Å²) >= 11 is 3.48. The highest BCUT2D eigenvalue weighted by atomic mass is 79.9. The monoisotopic (exact) mass is 344 g/mol. The standard InChI is InChI=1S/C17H17BrN2O/c1-12-11-14(4-5-15(12)18)17(21)20-10-2-3-16(20)13-6-8-19-9-7-13/h4-9,11,16H,2-3,10H2,1H3. The predicted octanol–water partition coefficient (Wildman–Crippen LogP) is 4.13. The third-order valence-electron chi connectivity index (χ3n) is 4.01. The summed E-state index contributed by atoms with van der Waals surface area (Å²) in [4.78, 5) is 18.8. The maximum Gasteiger partial charge on any atom is 0.254 e. The van der Waals surface area contributed by atoms with Gasteiger partial charge >= 0.3 is 0 Å². The molecule has 1 aliphatic heterocycles. The summed E-state index contributed by atoms with van der Waals surface area (Å²) < 4.78 is 1.03. The van der Waals surface area contributed by atoms with E-state index >= 15 is 0 Å². The molecule has 1 aliphatic rings. The van der Waals surface area contributed by atoms with Crippen LogP contribution in [-0.4, -0.2) is 22.3 Å². The van der Waals surface area contributed by atoms with Crippen LogP contribution in [0.15, 0.2) is 47.2 Å². The van der Waals surface area contributed by atoms with Crippen molar-refractivity contribution in [1.29, 1.82) is 0 Å². The minimum atomic E-state index is 0.116. The number of halogens is 1. The van der Waals surface area contributed by atoms with Crippen molar-refractivity contribution in [2.24, 2.45) is 0 Å². The average molecular weight is 345 g/mol. The lowest BCUT2D eigenvalue weighted by molar-refractivity contribution is 0.0735. The van der Waals surface area contributed by atoms with Gasteiger partial charge < -0.3 is 4.90 Å². The Hall–Kier alpha value is -1.68. The van der Waals surface area contributed by atoms with Crippen LogP contribution in [-0.2, 0) is 0 Å². The lowest BCUT2D eigenvalue weighted by Gasteiger charge is -2.25. The first-order valence-electron chi connectivity index (χ1n) is 7.14. The molecule has 1 fully saturated rings. The summed E-state index contributed by atoms with van der Waals surface area (Å²) in [7, 11) is 0. The number of carbonyl (C=O) groups excluding carboxylic acids is 1. The van der Waals surface area contributed by atoms with Gasteiger partial charge in [0, 0.05) is 29.0 Å². The van der Waals surface area contributed by atoms with Crippen molar-refractivity contribution >= 4 is 21.8 Å². The third-order valence-corrected chi connectivity index (χ3v) is 4.90. The van der Waals surface area contributed by atoms with E-state index in [0.29, 0.717) is 0 Å². The van der Waals surface area contributed by atoms with Crippen molar-refractivity contribution in [2.75, 3.05) is 6.54 Å². The molecule has 0 N–H and O–H groups in total. The van der Waals surface area contributed by atoms with E-state index in [1.807, 2.05) is 42.2 Å². The van der Waals surface area contributed by atoms with Gasteiger partial charge in [0.1, 0.15) is 0 Å². The SMILES string of the molecule is Cc1cc(C(=O)N2CCCC2c2ccncc2)ccc1Br. The van der Waals surface area contributed by atoms with E-state index in [0.717, 1.165) is 35.0 Å². The van der Waals surface area contributed by atoms with Crippen LogP contribution in [0.25, 0.3) is 0 Å². The Bertz CT molecular complexity index is 657. The quantitative estimate of drug-likeness (QED) is 0.820. The molecule has 2 aromatic rings. The topological polar surface area (TPSA) is 33.2 Å². The molecule has 108 valence electrons. The minimum Gasteiger partial charge on any atom is -0.332 e. The summed E-state index contributed by atoms with van der Waals surface area (Å²) in [6.07, 6.45) is 5.65. The summed E-state index contributed by atoms with van der Waals surface area (Å²) in [6.45, 7) is 2.83. The summed E-state index contributed by atoms with van der Waals surface area (Å²) in [5.41, 5.74) is 3.02. The number of carbonyl (C=O) groups is 1. The van der Waals surface area contributed by atoms with Gasteiger partial charge in [-0.25, -0.2) is 0 Å². The molecule has 0 aliphatic carbocycles. The van der Waals surface area contributed by atoms with Crippen LogP contribution in [0.1, 0.15) is 40.4 Å². The van der Waals surface area contributed by atoms with E-state index in [2.05, 4.69) is 20.9 Å². The maximum absolute atomic E-state index is 12.8. The number of aryl methyl sites for hydroxylation is 1. The third kappa shape index (κ3) is 2.86. The Balaban J connectivity index is 1.88. The zero-order valence-corrected chi connectivity index (χ0v) is 13.5. The Morgan fingerprint density at radius 1 is 1.29 bits per heavy atom. The first kappa shape index (κ1) is 14.3. The largest absolute Gasteiger partial charge is 0.332 e. The molecule has 1 aromatic heterocycles. The first-order chi connectivity index (χ1) is 10.2. The highest BCUT2D eigenvalue weighted by Gasteiger charge is 2.30. The van der Waals surface area contributed by atoms with E-state index < -0.39 is 0 Å². The summed E-state index contributed by atoms with van der Waals surface area (Å²) in [5.74, 6) is 0.116. The normalized spacial score (nSPS) is 18.0. The Morgan fingerprint density at radius 2 is 2.05 bits per heavy atom. The van der Waals surface area contributed by atoms with Crippen molar-refractivity contribution in [3.8, 4) is 0 Å². The Morgan fingerprint density at radius 3 is 2.76 bits per heavy atom. The Kier molecular flexibility index (Phi) is 4.06. The lowest BCUT2D eigenvalue weighted by atomic mass is 10.0. The first-order valence-corrected chi connectivity index (χ1v) is 7.93. The number of hydrogen-bond acceptors (Lipinski definition) is 2. The second-order valence-corrected chi connectivity index (χ2v) is 6.26. The van der Waals surface area contributed by atoms with Crippen molar-refractivity contribution in [3.05, 3.63) is 63.9 Å². The molecule has 3 nitrogen and oxygen atoms in total. The number of rotatable bonds is 2. The molecule has 1 unspecified atom stereocenters. The predicted molar refractivity (Wildman–Crippen MR) is 86.1 cm³/mol. The van der Waals surface area contributed by atoms with Crippen LogP contribution in [0.2, 0.25) is 0 Å². The molecule has 0 radical (unpaired) electrons. The molecule has 1 saturated heterocycles. The Labute approximate surface area is 133 Å². The molecule has 0 bridgehead atoms. The zero-order valence-electron chi connectivity index (χ0n) is 11.9. The second-order valence-electron chi connectivity index (χ2n) is 5.40. The molecular weight excluding hydrogens is 328 g/mol. The fourth-order valence-corrected chi connectivity index (χ4v) is 3.13. The van der Waals surface area contributed by atoms with E-state index in [1.165, 1.54) is 5.56 Å². The molecule has 1 aromatic carbocycles. The van der Waals surface area contributed by atoms with Gasteiger partial charge in [0.15, 0.2) is 0 Å². The number of nitrogens with zero attached hydrogens (tertiary/aromatic N) is 2. The molecule has 3 rings (SSSR count). The van der Waals surface area contributed by atoms with E-state index in [1.54, 1.807) is 12.4 Å². The number of pyridine rings is 1. The number of benzene rings is 1. The van der Waals surface area contributed by atoms with Crippen molar-refractivity contribution < 1.29 is 4.79 Å². The van der Waals surface area contributed by atoms with Crippen LogP contribution in [0.3, 0.4) is 0 Å². The smallest absolute Gasteiger partial charge is 0.254 e. The van der Waals surface area contributed by atoms with Crippen molar-refractivity contribution in [3.63, 3.8) is 0 Å². The van der Waals surface area contributed by atoms with Crippen LogP contribution in [0.5, 0.6) is 0 Å². The molecule has 2 heterocycles. The van der Waals surface area contributed by atoms with Crippen LogP contribution >= 0.6 is 15.9 Å². The van der Waals surface area contributed by atoms with E-state index in [4.69, 9.17) is 0 Å². The minimum absolute atomic E-state index is 0.116. The van der Waals surface area contributed by atoms with Gasteiger partial charge in [-0.05, 0) is 61.2 Å². The number of amides is 1. The van der Waals surface area contributed by atoms with Crippen LogP contribution in [0, 0.1) is 6.92 Å². The summed E-state index contributed by atoms with van der Waals surface area (Å²) in [5, 5.41) is 0. The zero-order chi connectivity index (χ0) is 14.8. The van der Waals surface area contributed by atoms with Gasteiger partial charge in [-0.1, -0.05) is 15.9 Å². The van der Waals surface area contributed by atoms with Gasteiger partial charge in [0.05, 0.1) is 6.04 Å². The second kappa shape index (κ2) is 5.98. The maximum atomic E-state index is 12.8. The van der Waals surface area contributed by atoms with Crippen LogP contribution < -0.4 is 0 Å². The number of aromatic nitrogens is 1. The fraction of sp³-hybridized carbons (Fsp3) is 0.294. The van der Waals surface area contributed by atoms with Crippen molar-refractivity contribution in [2.45, 2.75) is 25.8 Å². The van der Waals surface area contributed by atoms with E-state index in [9.17, 15) is 4.79 Å². The molecule has 1 atom stereocenters. The number of hydrogen-bond donors (Lipinski definition) is 0. The van der Waals surface area contributed by atoms with Crippen molar-refractivity contribution in [1.82, 2.24) is 9.88 Å². The fourth-order valence-electron chi connectivity index (χ4n) is 2.89. The number of likely N-dealkylation sites (tertiary alicyclic amines) is 1. The molecule has 0 saturated carbocycles.